The Morgan fingerprint density at radius 3 is 2.42 bits per heavy atom. The van der Waals surface area contributed by atoms with Crippen molar-refractivity contribution in [2.45, 2.75) is 38.8 Å². The standard InChI is InChI=1S/C22H22F2N4O3/c1-13(22(2,3)31)26-20(29)17-11-18(14-6-8-15(9-7-14)19(23)24)27-28(21(17)30)16-5-4-10-25-12-16/h4-13,19,31H,1-3H3,(H,26,29). The summed E-state index contributed by atoms with van der Waals surface area (Å²) in [5, 5.41) is 17.0. The number of pyridine rings is 1. The number of halogens is 2. The lowest BCUT2D eigenvalue weighted by molar-refractivity contribution is 0.0408. The molecule has 0 fully saturated rings. The first kappa shape index (κ1) is 22.2. The van der Waals surface area contributed by atoms with E-state index >= 15 is 0 Å². The summed E-state index contributed by atoms with van der Waals surface area (Å²) in [4.78, 5) is 29.8. The van der Waals surface area contributed by atoms with Gasteiger partial charge in [-0.1, -0.05) is 24.3 Å². The quantitative estimate of drug-likeness (QED) is 0.629. The summed E-state index contributed by atoms with van der Waals surface area (Å²) in [7, 11) is 0. The normalized spacial score (nSPS) is 12.6. The third-order valence-electron chi connectivity index (χ3n) is 4.91. The predicted octanol–water partition coefficient (Wildman–Crippen LogP) is 3.12. The summed E-state index contributed by atoms with van der Waals surface area (Å²) < 4.78 is 26.8. The molecule has 0 saturated carbocycles. The molecule has 162 valence electrons. The third kappa shape index (κ3) is 5.00. The van der Waals surface area contributed by atoms with Gasteiger partial charge in [0.25, 0.3) is 17.9 Å². The zero-order valence-corrected chi connectivity index (χ0v) is 17.2. The zero-order valence-electron chi connectivity index (χ0n) is 17.2. The second-order valence-corrected chi connectivity index (χ2v) is 7.64. The van der Waals surface area contributed by atoms with Crippen LogP contribution in [0.25, 0.3) is 16.9 Å². The molecule has 3 rings (SSSR count). The van der Waals surface area contributed by atoms with E-state index in [1.165, 1.54) is 56.6 Å². The summed E-state index contributed by atoms with van der Waals surface area (Å²) in [6.45, 7) is 4.69. The Labute approximate surface area is 177 Å². The molecule has 1 aromatic carbocycles. The van der Waals surface area contributed by atoms with Crippen LogP contribution in [0.5, 0.6) is 0 Å². The van der Waals surface area contributed by atoms with Gasteiger partial charge in [0.05, 0.1) is 29.2 Å². The van der Waals surface area contributed by atoms with Gasteiger partial charge in [0, 0.05) is 17.3 Å². The molecule has 0 saturated heterocycles. The number of carbonyl (C=O) groups is 1. The van der Waals surface area contributed by atoms with Crippen molar-refractivity contribution < 1.29 is 18.7 Å². The second-order valence-electron chi connectivity index (χ2n) is 7.64. The monoisotopic (exact) mass is 428 g/mol. The molecule has 2 heterocycles. The number of hydrogen-bond acceptors (Lipinski definition) is 5. The minimum absolute atomic E-state index is 0.152. The number of carbonyl (C=O) groups excluding carboxylic acids is 1. The smallest absolute Gasteiger partial charge is 0.284 e. The molecule has 1 atom stereocenters. The van der Waals surface area contributed by atoms with Crippen LogP contribution in [-0.4, -0.2) is 37.4 Å². The van der Waals surface area contributed by atoms with Crippen molar-refractivity contribution in [1.29, 1.82) is 0 Å². The van der Waals surface area contributed by atoms with E-state index in [0.29, 0.717) is 11.3 Å². The highest BCUT2D eigenvalue weighted by molar-refractivity contribution is 5.95. The molecular formula is C22H22F2N4O3. The van der Waals surface area contributed by atoms with Crippen LogP contribution in [0.4, 0.5) is 8.78 Å². The molecule has 2 aromatic heterocycles. The van der Waals surface area contributed by atoms with Crippen LogP contribution >= 0.6 is 0 Å². The van der Waals surface area contributed by atoms with Crippen LogP contribution in [-0.2, 0) is 0 Å². The molecule has 0 radical (unpaired) electrons. The van der Waals surface area contributed by atoms with Crippen molar-refractivity contribution in [1.82, 2.24) is 20.1 Å². The number of benzene rings is 1. The molecule has 0 aliphatic heterocycles. The Kier molecular flexibility index (Phi) is 6.26. The van der Waals surface area contributed by atoms with Crippen molar-refractivity contribution in [3.63, 3.8) is 0 Å². The van der Waals surface area contributed by atoms with Gasteiger partial charge in [-0.05, 0) is 39.0 Å². The molecule has 1 amide bonds. The lowest BCUT2D eigenvalue weighted by Crippen LogP contribution is -2.48. The minimum Gasteiger partial charge on any atom is -0.388 e. The molecule has 9 heteroatoms. The van der Waals surface area contributed by atoms with Gasteiger partial charge in [-0.25, -0.2) is 8.78 Å². The first-order valence-electron chi connectivity index (χ1n) is 9.54. The van der Waals surface area contributed by atoms with Gasteiger partial charge in [-0.2, -0.15) is 9.78 Å². The number of rotatable bonds is 6. The summed E-state index contributed by atoms with van der Waals surface area (Å²) in [5.74, 6) is -0.690. The van der Waals surface area contributed by atoms with Gasteiger partial charge in [-0.3, -0.25) is 14.6 Å². The van der Waals surface area contributed by atoms with Crippen LogP contribution in [0, 0.1) is 0 Å². The fourth-order valence-corrected chi connectivity index (χ4v) is 2.70. The summed E-state index contributed by atoms with van der Waals surface area (Å²) >= 11 is 0. The molecule has 1 unspecified atom stereocenters. The molecule has 0 aliphatic carbocycles. The highest BCUT2D eigenvalue weighted by Gasteiger charge is 2.26. The predicted molar refractivity (Wildman–Crippen MR) is 111 cm³/mol. The van der Waals surface area contributed by atoms with Gasteiger partial charge in [-0.15, -0.1) is 0 Å². The van der Waals surface area contributed by atoms with E-state index in [1.54, 1.807) is 19.1 Å². The van der Waals surface area contributed by atoms with E-state index in [9.17, 15) is 23.5 Å². The fourth-order valence-electron chi connectivity index (χ4n) is 2.70. The summed E-state index contributed by atoms with van der Waals surface area (Å²) in [5.41, 5.74) is -1.22. The van der Waals surface area contributed by atoms with E-state index in [2.05, 4.69) is 15.4 Å². The average molecular weight is 428 g/mol. The van der Waals surface area contributed by atoms with Gasteiger partial charge in [0.2, 0.25) is 0 Å². The van der Waals surface area contributed by atoms with Gasteiger partial charge in [0.15, 0.2) is 0 Å². The third-order valence-corrected chi connectivity index (χ3v) is 4.91. The molecule has 0 aliphatic rings. The Morgan fingerprint density at radius 1 is 1.19 bits per heavy atom. The number of alkyl halides is 2. The molecule has 7 nitrogen and oxygen atoms in total. The summed E-state index contributed by atoms with van der Waals surface area (Å²) in [6.07, 6.45) is 0.329. The zero-order chi connectivity index (χ0) is 22.8. The maximum atomic E-state index is 13.0. The van der Waals surface area contributed by atoms with Gasteiger partial charge in [0.1, 0.15) is 5.56 Å². The van der Waals surface area contributed by atoms with Crippen LogP contribution in [0.2, 0.25) is 0 Å². The van der Waals surface area contributed by atoms with E-state index in [1.807, 2.05) is 0 Å². The maximum Gasteiger partial charge on any atom is 0.284 e. The van der Waals surface area contributed by atoms with Crippen molar-refractivity contribution in [3.05, 3.63) is 76.3 Å². The Balaban J connectivity index is 2.13. The van der Waals surface area contributed by atoms with Crippen LogP contribution < -0.4 is 10.9 Å². The summed E-state index contributed by atoms with van der Waals surface area (Å²) in [6, 6.07) is 9.29. The number of hydrogen-bond donors (Lipinski definition) is 2. The molecule has 3 aromatic rings. The molecule has 0 spiro atoms. The van der Waals surface area contributed by atoms with Crippen LogP contribution in [0.15, 0.2) is 59.7 Å². The number of aromatic nitrogens is 3. The largest absolute Gasteiger partial charge is 0.388 e. The van der Waals surface area contributed by atoms with Crippen LogP contribution in [0.3, 0.4) is 0 Å². The number of aliphatic hydroxyl groups is 1. The van der Waals surface area contributed by atoms with Crippen molar-refractivity contribution in [3.8, 4) is 16.9 Å². The molecule has 2 N–H and O–H groups in total. The SMILES string of the molecule is CC(NC(=O)c1cc(-c2ccc(C(F)F)cc2)nn(-c2cccnc2)c1=O)C(C)(C)O. The second kappa shape index (κ2) is 8.73. The highest BCUT2D eigenvalue weighted by Crippen LogP contribution is 2.23. The van der Waals surface area contributed by atoms with E-state index in [-0.39, 0.29) is 16.8 Å². The van der Waals surface area contributed by atoms with Crippen molar-refractivity contribution in [2.24, 2.45) is 0 Å². The van der Waals surface area contributed by atoms with Crippen molar-refractivity contribution >= 4 is 5.91 Å². The van der Waals surface area contributed by atoms with Gasteiger partial charge >= 0.3 is 0 Å². The Bertz CT molecular complexity index is 1120. The number of nitrogens with one attached hydrogen (secondary N) is 1. The van der Waals surface area contributed by atoms with E-state index < -0.39 is 29.5 Å². The maximum absolute atomic E-state index is 13.0. The van der Waals surface area contributed by atoms with Gasteiger partial charge < -0.3 is 10.4 Å². The van der Waals surface area contributed by atoms with E-state index in [4.69, 9.17) is 0 Å². The van der Waals surface area contributed by atoms with E-state index in [0.717, 1.165) is 4.68 Å². The minimum atomic E-state index is -2.61. The van der Waals surface area contributed by atoms with Crippen LogP contribution in [0.1, 0.15) is 43.1 Å². The first-order chi connectivity index (χ1) is 14.6. The molecule has 0 bridgehead atoms. The lowest BCUT2D eigenvalue weighted by atomic mass is 10.0. The lowest BCUT2D eigenvalue weighted by Gasteiger charge is -2.26. The molecule has 31 heavy (non-hydrogen) atoms. The Morgan fingerprint density at radius 2 is 1.87 bits per heavy atom. The first-order valence-corrected chi connectivity index (χ1v) is 9.54. The van der Waals surface area contributed by atoms with Crippen molar-refractivity contribution in [2.75, 3.05) is 0 Å². The number of amides is 1. The molecular weight excluding hydrogens is 406 g/mol. The highest BCUT2D eigenvalue weighted by atomic mass is 19.3. The topological polar surface area (TPSA) is 97.1 Å². The Hall–Kier alpha value is -3.46. The fraction of sp³-hybridized carbons (Fsp3) is 0.273. The number of nitrogens with zero attached hydrogens (tertiary/aromatic N) is 3. The average Bonchev–Trinajstić information content (AvgIpc) is 2.73.